The number of benzene rings is 1. The highest BCUT2D eigenvalue weighted by molar-refractivity contribution is 6.09. The molecule has 3 rings (SSSR count). The summed E-state index contributed by atoms with van der Waals surface area (Å²) in [5, 5.41) is 14.1. The van der Waals surface area contributed by atoms with Crippen LogP contribution in [0.15, 0.2) is 24.3 Å². The van der Waals surface area contributed by atoms with E-state index in [9.17, 15) is 18.4 Å². The Kier molecular flexibility index (Phi) is 11.3. The van der Waals surface area contributed by atoms with Crippen molar-refractivity contribution >= 4 is 29.2 Å². The first-order chi connectivity index (χ1) is 16.9. The third-order valence-corrected chi connectivity index (χ3v) is 5.16. The zero-order chi connectivity index (χ0) is 27.7. The van der Waals surface area contributed by atoms with Crippen LogP contribution in [-0.4, -0.2) is 72.5 Å². The van der Waals surface area contributed by atoms with Gasteiger partial charge in [-0.3, -0.25) is 15.2 Å². The van der Waals surface area contributed by atoms with Crippen molar-refractivity contribution in [2.24, 2.45) is 0 Å². The van der Waals surface area contributed by atoms with Crippen LogP contribution in [0.25, 0.3) is 5.57 Å². The Hall–Kier alpha value is -3.17. The summed E-state index contributed by atoms with van der Waals surface area (Å²) in [5.74, 6) is -3.28. The predicted molar refractivity (Wildman–Crippen MR) is 141 cm³/mol. The number of anilines is 1. The van der Waals surface area contributed by atoms with Gasteiger partial charge in [-0.05, 0) is 44.9 Å². The average molecular weight is 510 g/mol. The van der Waals surface area contributed by atoms with Gasteiger partial charge >= 0.3 is 12.1 Å². The summed E-state index contributed by atoms with van der Waals surface area (Å²) in [5.41, 5.74) is 0.204. The maximum absolute atomic E-state index is 15.0. The van der Waals surface area contributed by atoms with E-state index >= 15 is 0 Å². The van der Waals surface area contributed by atoms with Gasteiger partial charge in [0.2, 0.25) is 0 Å². The number of urea groups is 1. The van der Waals surface area contributed by atoms with E-state index in [2.05, 4.69) is 10.6 Å². The second-order valence-electron chi connectivity index (χ2n) is 8.78. The maximum atomic E-state index is 15.0. The minimum absolute atomic E-state index is 0.000242. The van der Waals surface area contributed by atoms with Crippen molar-refractivity contribution in [2.75, 3.05) is 38.5 Å². The zero-order valence-electron chi connectivity index (χ0n) is 22.7. The van der Waals surface area contributed by atoms with Gasteiger partial charge in [-0.15, -0.1) is 0 Å². The van der Waals surface area contributed by atoms with Gasteiger partial charge in [0.1, 0.15) is 11.4 Å². The van der Waals surface area contributed by atoms with Gasteiger partial charge in [0, 0.05) is 43.5 Å². The minimum atomic E-state index is -3.28. The molecule has 0 aromatic heterocycles. The van der Waals surface area contributed by atoms with Crippen LogP contribution in [0.5, 0.6) is 0 Å². The van der Waals surface area contributed by atoms with Gasteiger partial charge in [-0.25, -0.2) is 9.59 Å². The topological polar surface area (TPSA) is 97.8 Å². The molecule has 1 saturated heterocycles. The van der Waals surface area contributed by atoms with Gasteiger partial charge in [0.15, 0.2) is 0 Å². The van der Waals surface area contributed by atoms with E-state index in [0.29, 0.717) is 30.8 Å². The third kappa shape index (κ3) is 7.66. The fourth-order valence-corrected chi connectivity index (χ4v) is 3.65. The number of amides is 3. The lowest BCUT2D eigenvalue weighted by atomic mass is 9.94. The molecule has 1 aromatic carbocycles. The number of carbonyl (C=O) groups excluding carboxylic acids is 2. The monoisotopic (exact) mass is 509 g/mol. The fraction of sp³-hybridized carbons (Fsp3) is 0.577. The van der Waals surface area contributed by atoms with Gasteiger partial charge in [-0.2, -0.15) is 8.78 Å². The highest BCUT2D eigenvalue weighted by Gasteiger charge is 2.42. The molecule has 3 N–H and O–H groups in total. The number of nitrogens with one attached hydrogen (secondary N) is 3. The molecule has 3 amide bonds. The van der Waals surface area contributed by atoms with Crippen LogP contribution in [0.2, 0.25) is 0 Å². The first-order valence-corrected chi connectivity index (χ1v) is 12.5. The molecule has 1 fully saturated rings. The molecule has 2 aliphatic rings. The molecule has 0 unspecified atom stereocenters. The molecule has 36 heavy (non-hydrogen) atoms. The van der Waals surface area contributed by atoms with Crippen molar-refractivity contribution in [3.8, 4) is 0 Å². The number of halogens is 2. The van der Waals surface area contributed by atoms with Crippen molar-refractivity contribution in [2.45, 2.75) is 66.4 Å². The summed E-state index contributed by atoms with van der Waals surface area (Å²) in [6.07, 6.45) is 1.26. The molecule has 202 valence electrons. The van der Waals surface area contributed by atoms with Crippen LogP contribution in [0.3, 0.4) is 0 Å². The number of alkyl halides is 2. The van der Waals surface area contributed by atoms with Gasteiger partial charge in [0.05, 0.1) is 6.54 Å². The van der Waals surface area contributed by atoms with Crippen LogP contribution >= 0.6 is 0 Å². The Morgan fingerprint density at radius 1 is 1.19 bits per heavy atom. The Bertz CT molecular complexity index is 957. The lowest BCUT2D eigenvalue weighted by Crippen LogP contribution is -2.49. The second-order valence-corrected chi connectivity index (χ2v) is 8.78. The summed E-state index contributed by atoms with van der Waals surface area (Å²) in [6, 6.07) is 4.25. The van der Waals surface area contributed by atoms with Crippen LogP contribution in [0, 0.1) is 5.41 Å². The van der Waals surface area contributed by atoms with Crippen LogP contribution in [0.1, 0.15) is 66.0 Å². The summed E-state index contributed by atoms with van der Waals surface area (Å²) in [7, 11) is 1.63. The number of ether oxygens (including phenoxy) is 1. The van der Waals surface area contributed by atoms with Gasteiger partial charge in [0.25, 0.3) is 5.92 Å². The summed E-state index contributed by atoms with van der Waals surface area (Å²) in [6.45, 7) is 13.2. The highest BCUT2D eigenvalue weighted by Crippen LogP contribution is 2.38. The number of nitrogens with zero attached hydrogens (tertiary/aromatic N) is 2. The first-order valence-electron chi connectivity index (χ1n) is 12.5. The van der Waals surface area contributed by atoms with E-state index in [4.69, 9.17) is 10.1 Å². The molecule has 0 bridgehead atoms. The largest absolute Gasteiger partial charge is 0.444 e. The standard InChI is InChI=1S/C22H29F2N5O3.2C2H6/c1-21(2,3)32-20(31)28-11-8-16(22(23,24)13-28)14-6-7-15(17(12-14)26-4)18(25)29-10-5-9-27-19(29)30;2*1-2/h6-8,12,25-26H,5,9-11,13H2,1-4H3,(H,27,30);2*1-2H3. The fourth-order valence-electron chi connectivity index (χ4n) is 3.65. The van der Waals surface area contributed by atoms with Crippen LogP contribution in [-0.2, 0) is 4.74 Å². The molecule has 2 aliphatic heterocycles. The van der Waals surface area contributed by atoms with Crippen LogP contribution < -0.4 is 10.6 Å². The molecule has 0 saturated carbocycles. The molecule has 0 atom stereocenters. The lowest BCUT2D eigenvalue weighted by molar-refractivity contribution is -0.0105. The quantitative estimate of drug-likeness (QED) is 0.355. The smallest absolute Gasteiger partial charge is 0.410 e. The molecule has 1 aromatic rings. The molecule has 10 heteroatoms. The average Bonchev–Trinajstić information content (AvgIpc) is 2.84. The molecular weight excluding hydrogens is 468 g/mol. The van der Waals surface area contributed by atoms with Gasteiger partial charge in [-0.1, -0.05) is 39.8 Å². The van der Waals surface area contributed by atoms with E-state index in [1.54, 1.807) is 33.9 Å². The zero-order valence-corrected chi connectivity index (χ0v) is 22.7. The Morgan fingerprint density at radius 2 is 1.83 bits per heavy atom. The Morgan fingerprint density at radius 3 is 2.36 bits per heavy atom. The van der Waals surface area contributed by atoms with Crippen molar-refractivity contribution < 1.29 is 23.1 Å². The molecule has 0 radical (unpaired) electrons. The molecule has 0 aliphatic carbocycles. The summed E-state index contributed by atoms with van der Waals surface area (Å²) >= 11 is 0. The van der Waals surface area contributed by atoms with Crippen LogP contribution in [0.4, 0.5) is 24.1 Å². The number of amidine groups is 1. The number of hydrogen-bond acceptors (Lipinski definition) is 5. The third-order valence-electron chi connectivity index (χ3n) is 5.16. The summed E-state index contributed by atoms with van der Waals surface area (Å²) in [4.78, 5) is 26.6. The van der Waals surface area contributed by atoms with Crippen molar-refractivity contribution in [3.63, 3.8) is 0 Å². The van der Waals surface area contributed by atoms with Crippen molar-refractivity contribution in [1.29, 1.82) is 5.41 Å². The summed E-state index contributed by atoms with van der Waals surface area (Å²) < 4.78 is 35.2. The lowest BCUT2D eigenvalue weighted by Gasteiger charge is -2.34. The van der Waals surface area contributed by atoms with E-state index in [1.807, 2.05) is 27.7 Å². The normalized spacial score (nSPS) is 16.8. The molecule has 2 heterocycles. The Balaban J connectivity index is 0.00000154. The van der Waals surface area contributed by atoms with Crippen molar-refractivity contribution in [1.82, 2.24) is 15.1 Å². The molecule has 0 spiro atoms. The molecule has 8 nitrogen and oxygen atoms in total. The minimum Gasteiger partial charge on any atom is -0.444 e. The van der Waals surface area contributed by atoms with E-state index in [0.717, 1.165) is 4.90 Å². The SMILES string of the molecule is CC.CC.CNc1cc(C2=CCN(C(=O)OC(C)(C)C)CC2(F)F)ccc1C(=N)N1CCCNC1=O. The number of carbonyl (C=O) groups is 2. The van der Waals surface area contributed by atoms with E-state index in [1.165, 1.54) is 23.1 Å². The molecular formula is C26H41F2N5O3. The van der Waals surface area contributed by atoms with E-state index < -0.39 is 24.2 Å². The van der Waals surface area contributed by atoms with E-state index in [-0.39, 0.29) is 29.5 Å². The predicted octanol–water partition coefficient (Wildman–Crippen LogP) is 5.79. The van der Waals surface area contributed by atoms with Gasteiger partial charge < -0.3 is 15.4 Å². The number of hydrogen-bond donors (Lipinski definition) is 3. The number of rotatable bonds is 3. The Labute approximate surface area is 213 Å². The van der Waals surface area contributed by atoms with Crippen molar-refractivity contribution in [3.05, 3.63) is 35.4 Å². The first kappa shape index (κ1) is 30.9. The maximum Gasteiger partial charge on any atom is 0.410 e. The second kappa shape index (κ2) is 13.2. The highest BCUT2D eigenvalue weighted by atomic mass is 19.3.